The van der Waals surface area contributed by atoms with Crippen molar-refractivity contribution >= 4 is 15.8 Å². The molecule has 1 aliphatic heterocycles. The Morgan fingerprint density at radius 2 is 2.06 bits per heavy atom. The average molecular weight is 238 g/mol. The third-order valence-electron chi connectivity index (χ3n) is 2.23. The molecule has 16 heavy (non-hydrogen) atoms. The normalized spacial score (nSPS) is 22.6. The molecule has 1 aromatic carbocycles. The molecule has 2 rings (SSSR count). The van der Waals surface area contributed by atoms with Crippen molar-refractivity contribution in [2.75, 3.05) is 11.1 Å². The van der Waals surface area contributed by atoms with Gasteiger partial charge in [-0.3, -0.25) is 0 Å². The van der Waals surface area contributed by atoms with Crippen LogP contribution < -0.4 is 5.32 Å². The zero-order chi connectivity index (χ0) is 11.6. The van der Waals surface area contributed by atoms with E-state index in [1.807, 2.05) is 6.07 Å². The third-order valence-corrected chi connectivity index (χ3v) is 3.50. The Morgan fingerprint density at radius 3 is 2.56 bits per heavy atom. The van der Waals surface area contributed by atoms with Crippen LogP contribution in [-0.4, -0.2) is 20.4 Å². The highest BCUT2D eigenvalue weighted by Crippen LogP contribution is 2.19. The number of nitrogens with one attached hydrogen (secondary N) is 1. The summed E-state index contributed by atoms with van der Waals surface area (Å²) >= 11 is 0. The van der Waals surface area contributed by atoms with Crippen LogP contribution in [0.3, 0.4) is 0 Å². The number of hydrogen-bond acceptors (Lipinski definition) is 5. The Balaban J connectivity index is 2.03. The van der Waals surface area contributed by atoms with Gasteiger partial charge in [-0.05, 0) is 24.3 Å². The van der Waals surface area contributed by atoms with Crippen molar-refractivity contribution in [2.45, 2.75) is 12.6 Å². The molecule has 5 nitrogen and oxygen atoms in total. The van der Waals surface area contributed by atoms with Gasteiger partial charge in [0.15, 0.2) is 0 Å². The first kappa shape index (κ1) is 10.9. The molecule has 0 radical (unpaired) electrons. The second kappa shape index (κ2) is 4.12. The summed E-state index contributed by atoms with van der Waals surface area (Å²) in [5, 5.41) is 11.5. The van der Waals surface area contributed by atoms with Gasteiger partial charge in [-0.2, -0.15) is 13.7 Å². The van der Waals surface area contributed by atoms with Gasteiger partial charge in [0.2, 0.25) is 0 Å². The molecular weight excluding hydrogens is 228 g/mol. The monoisotopic (exact) mass is 238 g/mol. The minimum Gasteiger partial charge on any atom is -0.359 e. The van der Waals surface area contributed by atoms with Crippen LogP contribution in [0, 0.1) is 11.3 Å². The Kier molecular flexibility index (Phi) is 2.81. The SMILES string of the molecule is N#Cc1ccc(NC2CCS(=O)(=O)O2)cc1. The Bertz CT molecular complexity index is 516. The maximum atomic E-state index is 11.0. The van der Waals surface area contributed by atoms with Gasteiger partial charge in [0.05, 0.1) is 17.4 Å². The predicted octanol–water partition coefficient (Wildman–Crippen LogP) is 1.05. The molecule has 1 saturated heterocycles. The van der Waals surface area contributed by atoms with E-state index in [1.54, 1.807) is 24.3 Å². The number of rotatable bonds is 2. The van der Waals surface area contributed by atoms with Gasteiger partial charge in [-0.25, -0.2) is 4.18 Å². The van der Waals surface area contributed by atoms with Gasteiger partial charge in [0, 0.05) is 12.1 Å². The van der Waals surface area contributed by atoms with E-state index in [0.717, 1.165) is 5.69 Å². The summed E-state index contributed by atoms with van der Waals surface area (Å²) < 4.78 is 26.9. The van der Waals surface area contributed by atoms with E-state index in [1.165, 1.54) is 0 Å². The summed E-state index contributed by atoms with van der Waals surface area (Å²) in [6, 6.07) is 8.75. The fourth-order valence-corrected chi connectivity index (χ4v) is 2.54. The van der Waals surface area contributed by atoms with Crippen LogP contribution in [0.25, 0.3) is 0 Å². The van der Waals surface area contributed by atoms with Crippen LogP contribution in [-0.2, 0) is 14.3 Å². The van der Waals surface area contributed by atoms with Crippen LogP contribution in [0.2, 0.25) is 0 Å². The molecule has 0 bridgehead atoms. The standard InChI is InChI=1S/C10H10N2O3S/c11-7-8-1-3-9(4-2-8)12-10-5-6-16(13,14)15-10/h1-4,10,12H,5-6H2. The molecule has 1 heterocycles. The molecule has 1 atom stereocenters. The molecule has 0 aliphatic carbocycles. The minimum atomic E-state index is -3.34. The lowest BCUT2D eigenvalue weighted by Crippen LogP contribution is -2.18. The fraction of sp³-hybridized carbons (Fsp3) is 0.300. The fourth-order valence-electron chi connectivity index (χ4n) is 1.45. The smallest absolute Gasteiger partial charge is 0.269 e. The topological polar surface area (TPSA) is 79.2 Å². The van der Waals surface area contributed by atoms with Crippen molar-refractivity contribution in [2.24, 2.45) is 0 Å². The summed E-state index contributed by atoms with van der Waals surface area (Å²) in [4.78, 5) is 0. The van der Waals surface area contributed by atoms with Crippen LogP contribution in [0.4, 0.5) is 5.69 Å². The van der Waals surface area contributed by atoms with E-state index in [2.05, 4.69) is 5.32 Å². The van der Waals surface area contributed by atoms with E-state index in [0.29, 0.717) is 12.0 Å². The van der Waals surface area contributed by atoms with Gasteiger partial charge in [-0.1, -0.05) is 0 Å². The molecule has 1 aromatic rings. The summed E-state index contributed by atoms with van der Waals surface area (Å²) in [7, 11) is -3.34. The maximum Gasteiger partial charge on any atom is 0.269 e. The molecule has 0 spiro atoms. The first-order chi connectivity index (χ1) is 7.59. The summed E-state index contributed by atoms with van der Waals surface area (Å²) in [6.07, 6.45) is -0.0690. The van der Waals surface area contributed by atoms with E-state index in [9.17, 15) is 8.42 Å². The molecule has 1 fully saturated rings. The quantitative estimate of drug-likeness (QED) is 0.779. The molecule has 6 heteroatoms. The van der Waals surface area contributed by atoms with E-state index in [-0.39, 0.29) is 5.75 Å². The van der Waals surface area contributed by atoms with Crippen molar-refractivity contribution in [3.63, 3.8) is 0 Å². The van der Waals surface area contributed by atoms with Crippen molar-refractivity contribution in [1.82, 2.24) is 0 Å². The van der Waals surface area contributed by atoms with Gasteiger partial charge < -0.3 is 5.32 Å². The average Bonchev–Trinajstić information content (AvgIpc) is 2.59. The maximum absolute atomic E-state index is 11.0. The van der Waals surface area contributed by atoms with Gasteiger partial charge in [0.25, 0.3) is 10.1 Å². The van der Waals surface area contributed by atoms with Crippen molar-refractivity contribution in [1.29, 1.82) is 5.26 Å². The second-order valence-electron chi connectivity index (χ2n) is 3.47. The Morgan fingerprint density at radius 1 is 1.38 bits per heavy atom. The molecule has 0 aromatic heterocycles. The number of anilines is 1. The highest BCUT2D eigenvalue weighted by atomic mass is 32.2. The number of benzene rings is 1. The highest BCUT2D eigenvalue weighted by Gasteiger charge is 2.28. The minimum absolute atomic E-state index is 0.0426. The van der Waals surface area contributed by atoms with Crippen molar-refractivity contribution in [3.05, 3.63) is 29.8 Å². The lowest BCUT2D eigenvalue weighted by Gasteiger charge is -2.11. The van der Waals surface area contributed by atoms with Gasteiger partial charge in [0.1, 0.15) is 6.23 Å². The lowest BCUT2D eigenvalue weighted by atomic mass is 10.2. The zero-order valence-electron chi connectivity index (χ0n) is 8.38. The summed E-state index contributed by atoms with van der Waals surface area (Å²) in [5.74, 6) is 0.0426. The summed E-state index contributed by atoms with van der Waals surface area (Å²) in [6.45, 7) is 0. The van der Waals surface area contributed by atoms with Crippen LogP contribution >= 0.6 is 0 Å². The van der Waals surface area contributed by atoms with Crippen LogP contribution in [0.15, 0.2) is 24.3 Å². The number of hydrogen-bond donors (Lipinski definition) is 1. The van der Waals surface area contributed by atoms with Crippen molar-refractivity contribution in [3.8, 4) is 6.07 Å². The third kappa shape index (κ3) is 2.51. The first-order valence-corrected chi connectivity index (χ1v) is 6.34. The van der Waals surface area contributed by atoms with E-state index < -0.39 is 16.3 Å². The summed E-state index contributed by atoms with van der Waals surface area (Å²) in [5.41, 5.74) is 1.30. The molecule has 0 amide bonds. The zero-order valence-corrected chi connectivity index (χ0v) is 9.20. The van der Waals surface area contributed by atoms with Gasteiger partial charge >= 0.3 is 0 Å². The Labute approximate surface area is 93.8 Å². The molecule has 1 N–H and O–H groups in total. The Hall–Kier alpha value is -1.58. The molecule has 1 unspecified atom stereocenters. The number of nitriles is 1. The molecule has 84 valence electrons. The molecular formula is C10H10N2O3S. The highest BCUT2D eigenvalue weighted by molar-refractivity contribution is 7.86. The molecule has 0 saturated carbocycles. The van der Waals surface area contributed by atoms with E-state index in [4.69, 9.17) is 9.44 Å². The number of nitrogens with zero attached hydrogens (tertiary/aromatic N) is 1. The van der Waals surface area contributed by atoms with Crippen LogP contribution in [0.5, 0.6) is 0 Å². The van der Waals surface area contributed by atoms with Crippen molar-refractivity contribution < 1.29 is 12.6 Å². The largest absolute Gasteiger partial charge is 0.359 e. The van der Waals surface area contributed by atoms with Crippen LogP contribution in [0.1, 0.15) is 12.0 Å². The second-order valence-corrected chi connectivity index (χ2v) is 5.18. The van der Waals surface area contributed by atoms with E-state index >= 15 is 0 Å². The first-order valence-electron chi connectivity index (χ1n) is 4.77. The molecule has 1 aliphatic rings. The van der Waals surface area contributed by atoms with Gasteiger partial charge in [-0.15, -0.1) is 0 Å². The lowest BCUT2D eigenvalue weighted by molar-refractivity contribution is 0.266. The predicted molar refractivity (Wildman–Crippen MR) is 58.1 cm³/mol.